The van der Waals surface area contributed by atoms with Crippen molar-refractivity contribution in [1.29, 1.82) is 0 Å². The van der Waals surface area contributed by atoms with Crippen LogP contribution in [-0.4, -0.2) is 29.2 Å². The van der Waals surface area contributed by atoms with E-state index < -0.39 is 0 Å². The van der Waals surface area contributed by atoms with Crippen molar-refractivity contribution in [1.82, 2.24) is 4.90 Å². The Bertz CT molecular complexity index is 442. The molecule has 1 aromatic carbocycles. The highest BCUT2D eigenvalue weighted by Gasteiger charge is 2.18. The highest BCUT2D eigenvalue weighted by atomic mass is 79.9. The summed E-state index contributed by atoms with van der Waals surface area (Å²) in [5.74, 6) is 1.05. The van der Waals surface area contributed by atoms with E-state index in [1.807, 2.05) is 0 Å². The van der Waals surface area contributed by atoms with Gasteiger partial charge in [-0.05, 0) is 56.4 Å². The predicted octanol–water partition coefficient (Wildman–Crippen LogP) is 5.20. The second kappa shape index (κ2) is 10.9. The topological polar surface area (TPSA) is 20.3 Å². The molecular weight excluding hydrogens is 350 g/mol. The quantitative estimate of drug-likeness (QED) is 0.539. The Kier molecular flexibility index (Phi) is 8.73. The second-order valence-electron chi connectivity index (χ2n) is 6.70. The van der Waals surface area contributed by atoms with Crippen LogP contribution < -0.4 is 0 Å². The van der Waals surface area contributed by atoms with Gasteiger partial charge in [0.15, 0.2) is 0 Å². The van der Waals surface area contributed by atoms with Crippen LogP contribution in [-0.2, 0) is 11.2 Å². The number of hydrogen-bond acceptors (Lipinski definition) is 1. The van der Waals surface area contributed by atoms with Crippen LogP contribution in [0, 0.1) is 5.92 Å². The van der Waals surface area contributed by atoms with Crippen molar-refractivity contribution in [2.45, 2.75) is 57.8 Å². The first kappa shape index (κ1) is 18.5. The van der Waals surface area contributed by atoms with Crippen molar-refractivity contribution < 1.29 is 4.79 Å². The van der Waals surface area contributed by atoms with Gasteiger partial charge in [-0.1, -0.05) is 52.7 Å². The number of hydrogen-bond donors (Lipinski definition) is 0. The van der Waals surface area contributed by atoms with E-state index in [0.717, 1.165) is 37.7 Å². The molecule has 0 bridgehead atoms. The van der Waals surface area contributed by atoms with Gasteiger partial charge in [-0.2, -0.15) is 0 Å². The molecule has 1 aliphatic rings. The van der Waals surface area contributed by atoms with Crippen LogP contribution in [0.15, 0.2) is 30.3 Å². The minimum Gasteiger partial charge on any atom is -0.343 e. The zero-order valence-electron chi connectivity index (χ0n) is 14.2. The molecule has 23 heavy (non-hydrogen) atoms. The van der Waals surface area contributed by atoms with E-state index in [0.29, 0.717) is 11.8 Å². The number of piperidine rings is 1. The van der Waals surface area contributed by atoms with Crippen molar-refractivity contribution >= 4 is 21.8 Å². The maximum absolute atomic E-state index is 12.3. The summed E-state index contributed by atoms with van der Waals surface area (Å²) in [4.78, 5) is 14.4. The maximum Gasteiger partial charge on any atom is 0.222 e. The number of likely N-dealkylation sites (tertiary alicyclic amines) is 1. The number of amides is 1. The van der Waals surface area contributed by atoms with Gasteiger partial charge < -0.3 is 4.90 Å². The van der Waals surface area contributed by atoms with Crippen molar-refractivity contribution in [2.24, 2.45) is 5.92 Å². The Hall–Kier alpha value is -0.830. The van der Waals surface area contributed by atoms with Gasteiger partial charge in [-0.3, -0.25) is 4.79 Å². The molecule has 1 aromatic rings. The standard InChI is InChI=1S/C20H30BrNO/c21-15-14-19(11-7-10-18-8-3-1-4-9-18)12-13-20(23)22-16-5-2-6-17-22/h1,3-4,8-9,19H,2,5-7,10-17H2. The van der Waals surface area contributed by atoms with Gasteiger partial charge in [-0.25, -0.2) is 0 Å². The maximum atomic E-state index is 12.3. The largest absolute Gasteiger partial charge is 0.343 e. The van der Waals surface area contributed by atoms with Gasteiger partial charge in [0.05, 0.1) is 0 Å². The molecular formula is C20H30BrNO. The third kappa shape index (κ3) is 7.07. The van der Waals surface area contributed by atoms with Gasteiger partial charge in [0.25, 0.3) is 0 Å². The molecule has 2 rings (SSSR count). The van der Waals surface area contributed by atoms with Gasteiger partial charge in [-0.15, -0.1) is 0 Å². The Morgan fingerprint density at radius 1 is 1.04 bits per heavy atom. The summed E-state index contributed by atoms with van der Waals surface area (Å²) in [6, 6.07) is 10.7. The van der Waals surface area contributed by atoms with Gasteiger partial charge in [0, 0.05) is 24.8 Å². The van der Waals surface area contributed by atoms with Crippen molar-refractivity contribution in [3.8, 4) is 0 Å². The van der Waals surface area contributed by atoms with Gasteiger partial charge in [0.2, 0.25) is 5.91 Å². The molecule has 1 aliphatic heterocycles. The summed E-state index contributed by atoms with van der Waals surface area (Å²) in [6.07, 6.45) is 10.2. The summed E-state index contributed by atoms with van der Waals surface area (Å²) in [7, 11) is 0. The number of nitrogens with zero attached hydrogens (tertiary/aromatic N) is 1. The fourth-order valence-corrected chi connectivity index (χ4v) is 4.10. The van der Waals surface area contributed by atoms with Crippen LogP contribution in [0.2, 0.25) is 0 Å². The lowest BCUT2D eigenvalue weighted by Crippen LogP contribution is -2.35. The highest BCUT2D eigenvalue weighted by Crippen LogP contribution is 2.21. The molecule has 1 amide bonds. The summed E-state index contributed by atoms with van der Waals surface area (Å²) in [6.45, 7) is 1.96. The molecule has 3 heteroatoms. The average Bonchev–Trinajstić information content (AvgIpc) is 2.61. The minimum absolute atomic E-state index is 0.382. The third-order valence-electron chi connectivity index (χ3n) is 4.91. The lowest BCUT2D eigenvalue weighted by molar-refractivity contribution is -0.132. The molecule has 1 atom stereocenters. The second-order valence-corrected chi connectivity index (χ2v) is 7.49. The number of halogens is 1. The number of alkyl halides is 1. The number of aryl methyl sites for hydroxylation is 1. The zero-order valence-corrected chi connectivity index (χ0v) is 15.8. The van der Waals surface area contributed by atoms with E-state index in [1.165, 1.54) is 44.1 Å². The molecule has 2 nitrogen and oxygen atoms in total. The zero-order chi connectivity index (χ0) is 16.3. The average molecular weight is 380 g/mol. The van der Waals surface area contributed by atoms with E-state index in [9.17, 15) is 4.79 Å². The summed E-state index contributed by atoms with van der Waals surface area (Å²) >= 11 is 3.58. The number of rotatable bonds is 9. The Morgan fingerprint density at radius 3 is 2.48 bits per heavy atom. The summed E-state index contributed by atoms with van der Waals surface area (Å²) < 4.78 is 0. The minimum atomic E-state index is 0.382. The normalized spacial score (nSPS) is 16.3. The molecule has 0 aromatic heterocycles. The summed E-state index contributed by atoms with van der Waals surface area (Å²) in [5, 5.41) is 1.04. The lowest BCUT2D eigenvalue weighted by Gasteiger charge is -2.27. The molecule has 128 valence electrons. The first-order valence-corrected chi connectivity index (χ1v) is 10.3. The lowest BCUT2D eigenvalue weighted by atomic mass is 9.92. The van der Waals surface area contributed by atoms with Crippen molar-refractivity contribution in [2.75, 3.05) is 18.4 Å². The van der Waals surface area contributed by atoms with Crippen molar-refractivity contribution in [3.05, 3.63) is 35.9 Å². The van der Waals surface area contributed by atoms with Crippen LogP contribution in [0.25, 0.3) is 0 Å². The van der Waals surface area contributed by atoms with Gasteiger partial charge >= 0.3 is 0 Å². The molecule has 0 aliphatic carbocycles. The van der Waals surface area contributed by atoms with Crippen molar-refractivity contribution in [3.63, 3.8) is 0 Å². The Labute approximate surface area is 149 Å². The van der Waals surface area contributed by atoms with E-state index in [2.05, 4.69) is 51.2 Å². The molecule has 1 saturated heterocycles. The van der Waals surface area contributed by atoms with E-state index in [1.54, 1.807) is 0 Å². The third-order valence-corrected chi connectivity index (χ3v) is 5.37. The first-order valence-electron chi connectivity index (χ1n) is 9.17. The Balaban J connectivity index is 1.69. The monoisotopic (exact) mass is 379 g/mol. The van der Waals surface area contributed by atoms with Gasteiger partial charge in [0.1, 0.15) is 0 Å². The van der Waals surface area contributed by atoms with E-state index in [4.69, 9.17) is 0 Å². The van der Waals surface area contributed by atoms with Crippen LogP contribution in [0.5, 0.6) is 0 Å². The van der Waals surface area contributed by atoms with E-state index in [-0.39, 0.29) is 0 Å². The molecule has 0 radical (unpaired) electrons. The smallest absolute Gasteiger partial charge is 0.222 e. The number of benzene rings is 1. The first-order chi connectivity index (χ1) is 11.3. The number of carbonyl (C=O) groups is 1. The molecule has 0 N–H and O–H groups in total. The van der Waals surface area contributed by atoms with Crippen LogP contribution in [0.1, 0.15) is 56.9 Å². The fraction of sp³-hybridized carbons (Fsp3) is 0.650. The van der Waals surface area contributed by atoms with Crippen LogP contribution in [0.3, 0.4) is 0 Å². The molecule has 1 unspecified atom stereocenters. The molecule has 1 heterocycles. The van der Waals surface area contributed by atoms with E-state index >= 15 is 0 Å². The molecule has 0 saturated carbocycles. The van der Waals surface area contributed by atoms with Crippen LogP contribution in [0.4, 0.5) is 0 Å². The molecule has 1 fully saturated rings. The highest BCUT2D eigenvalue weighted by molar-refractivity contribution is 9.09. The fourth-order valence-electron chi connectivity index (χ4n) is 3.46. The predicted molar refractivity (Wildman–Crippen MR) is 101 cm³/mol. The van der Waals surface area contributed by atoms with Crippen LogP contribution >= 0.6 is 15.9 Å². The molecule has 0 spiro atoms. The Morgan fingerprint density at radius 2 is 1.78 bits per heavy atom. The number of carbonyl (C=O) groups excluding carboxylic acids is 1. The SMILES string of the molecule is O=C(CCC(CCBr)CCCc1ccccc1)N1CCCCC1. The summed E-state index contributed by atoms with van der Waals surface area (Å²) in [5.41, 5.74) is 1.43.